The molecular weight excluding hydrogens is 388 g/mol. The zero-order valence-electron chi connectivity index (χ0n) is 16.1. The van der Waals surface area contributed by atoms with Crippen molar-refractivity contribution in [1.82, 2.24) is 19.3 Å². The molecule has 0 bridgehead atoms. The molecule has 150 valence electrons. The fraction of sp³-hybridized carbons (Fsp3) is 0.250. The second-order valence-corrected chi connectivity index (χ2v) is 8.64. The molecule has 29 heavy (non-hydrogen) atoms. The normalized spacial score (nSPS) is 15.3. The highest BCUT2D eigenvalue weighted by molar-refractivity contribution is 7.89. The summed E-state index contributed by atoms with van der Waals surface area (Å²) >= 11 is 0. The van der Waals surface area contributed by atoms with Gasteiger partial charge in [-0.3, -0.25) is 0 Å². The number of benzene rings is 1. The summed E-state index contributed by atoms with van der Waals surface area (Å²) in [5.74, 6) is 2.77. The second-order valence-electron chi connectivity index (χ2n) is 6.70. The maximum Gasteiger partial charge on any atom is 0.243 e. The molecule has 1 aromatic carbocycles. The molecule has 0 atom stereocenters. The number of rotatable bonds is 5. The van der Waals surface area contributed by atoms with Crippen LogP contribution >= 0.6 is 0 Å². The van der Waals surface area contributed by atoms with Crippen LogP contribution in [0, 0.1) is 6.92 Å². The highest BCUT2D eigenvalue weighted by atomic mass is 32.2. The number of nitrogens with zero attached hydrogens (tertiary/aromatic N) is 5. The van der Waals surface area contributed by atoms with Crippen molar-refractivity contribution in [3.05, 3.63) is 66.6 Å². The second kappa shape index (κ2) is 8.14. The minimum Gasteiger partial charge on any atom is -0.354 e. The summed E-state index contributed by atoms with van der Waals surface area (Å²) in [5.41, 5.74) is 0. The van der Waals surface area contributed by atoms with Gasteiger partial charge >= 0.3 is 0 Å². The number of pyridine rings is 1. The molecule has 0 spiro atoms. The highest BCUT2D eigenvalue weighted by Crippen LogP contribution is 2.22. The van der Waals surface area contributed by atoms with E-state index in [-0.39, 0.29) is 0 Å². The van der Waals surface area contributed by atoms with E-state index in [4.69, 9.17) is 0 Å². The lowest BCUT2D eigenvalue weighted by atomic mass is 10.3. The van der Waals surface area contributed by atoms with E-state index in [9.17, 15) is 8.42 Å². The van der Waals surface area contributed by atoms with E-state index in [0.717, 1.165) is 5.82 Å². The van der Waals surface area contributed by atoms with Crippen LogP contribution in [0.3, 0.4) is 0 Å². The lowest BCUT2D eigenvalue weighted by Gasteiger charge is -2.34. The molecular formula is C20H22N6O2S. The zero-order valence-corrected chi connectivity index (χ0v) is 16.9. The highest BCUT2D eigenvalue weighted by Gasteiger charge is 2.29. The molecule has 4 rings (SSSR count). The number of aryl methyl sites for hydroxylation is 1. The van der Waals surface area contributed by atoms with Gasteiger partial charge in [-0.2, -0.15) is 4.31 Å². The van der Waals surface area contributed by atoms with Crippen LogP contribution in [0.2, 0.25) is 0 Å². The molecule has 0 radical (unpaired) electrons. The fourth-order valence-electron chi connectivity index (χ4n) is 3.24. The SMILES string of the molecule is Cc1nc(Nc2ccccn2)cc(N2CCN(S(=O)(=O)c3ccccc3)CC2)n1. The number of aromatic nitrogens is 3. The third kappa shape index (κ3) is 4.36. The Hall–Kier alpha value is -3.04. The van der Waals surface area contributed by atoms with E-state index in [1.807, 2.05) is 37.3 Å². The van der Waals surface area contributed by atoms with Gasteiger partial charge in [-0.1, -0.05) is 24.3 Å². The summed E-state index contributed by atoms with van der Waals surface area (Å²) in [5, 5.41) is 3.18. The van der Waals surface area contributed by atoms with Crippen LogP contribution in [-0.4, -0.2) is 53.9 Å². The van der Waals surface area contributed by atoms with Crippen LogP contribution < -0.4 is 10.2 Å². The van der Waals surface area contributed by atoms with Gasteiger partial charge in [-0.05, 0) is 31.2 Å². The van der Waals surface area contributed by atoms with Gasteiger partial charge in [-0.25, -0.2) is 23.4 Å². The molecule has 0 amide bonds. The Kier molecular flexibility index (Phi) is 5.41. The molecule has 1 aliphatic rings. The molecule has 2 aromatic heterocycles. The number of sulfonamides is 1. The van der Waals surface area contributed by atoms with Gasteiger partial charge in [0.2, 0.25) is 10.0 Å². The minimum atomic E-state index is -3.47. The van der Waals surface area contributed by atoms with E-state index < -0.39 is 10.0 Å². The van der Waals surface area contributed by atoms with Crippen molar-refractivity contribution in [2.24, 2.45) is 0 Å². The van der Waals surface area contributed by atoms with Gasteiger partial charge in [0.25, 0.3) is 0 Å². The Bertz CT molecular complexity index is 1070. The first-order chi connectivity index (χ1) is 14.0. The van der Waals surface area contributed by atoms with Crippen molar-refractivity contribution in [2.75, 3.05) is 36.4 Å². The summed E-state index contributed by atoms with van der Waals surface area (Å²) in [6, 6.07) is 16.0. The number of hydrogen-bond donors (Lipinski definition) is 1. The third-order valence-corrected chi connectivity index (χ3v) is 6.60. The van der Waals surface area contributed by atoms with Crippen LogP contribution in [0.15, 0.2) is 65.7 Å². The maximum absolute atomic E-state index is 12.8. The Balaban J connectivity index is 1.47. The van der Waals surface area contributed by atoms with Crippen molar-refractivity contribution in [1.29, 1.82) is 0 Å². The largest absolute Gasteiger partial charge is 0.354 e. The van der Waals surface area contributed by atoms with Gasteiger partial charge < -0.3 is 10.2 Å². The summed E-state index contributed by atoms with van der Waals surface area (Å²) in [6.07, 6.45) is 1.71. The van der Waals surface area contributed by atoms with Gasteiger partial charge in [0.15, 0.2) is 0 Å². The molecule has 1 fully saturated rings. The quantitative estimate of drug-likeness (QED) is 0.691. The molecule has 0 unspecified atom stereocenters. The molecule has 9 heteroatoms. The molecule has 3 aromatic rings. The van der Waals surface area contributed by atoms with Crippen LogP contribution in [0.5, 0.6) is 0 Å². The van der Waals surface area contributed by atoms with Gasteiger partial charge in [0.05, 0.1) is 4.90 Å². The Labute approximate surface area is 170 Å². The smallest absolute Gasteiger partial charge is 0.243 e. The summed E-state index contributed by atoms with van der Waals surface area (Å²) in [7, 11) is -3.47. The predicted octanol–water partition coefficient (Wildman–Crippen LogP) is 2.43. The number of anilines is 3. The van der Waals surface area contributed by atoms with E-state index in [1.165, 1.54) is 4.31 Å². The first-order valence-corrected chi connectivity index (χ1v) is 10.8. The van der Waals surface area contributed by atoms with Crippen molar-refractivity contribution in [2.45, 2.75) is 11.8 Å². The van der Waals surface area contributed by atoms with Gasteiger partial charge in [0, 0.05) is 38.4 Å². The average Bonchev–Trinajstić information content (AvgIpc) is 2.75. The topological polar surface area (TPSA) is 91.3 Å². The maximum atomic E-state index is 12.8. The average molecular weight is 411 g/mol. The van der Waals surface area contributed by atoms with Crippen molar-refractivity contribution < 1.29 is 8.42 Å². The minimum absolute atomic E-state index is 0.327. The zero-order chi connectivity index (χ0) is 20.3. The van der Waals surface area contributed by atoms with Crippen LogP contribution in [0.1, 0.15) is 5.82 Å². The first-order valence-electron chi connectivity index (χ1n) is 9.36. The first kappa shape index (κ1) is 19.3. The molecule has 1 saturated heterocycles. The summed E-state index contributed by atoms with van der Waals surface area (Å²) in [6.45, 7) is 3.77. The number of piperazine rings is 1. The Morgan fingerprint density at radius 1 is 0.897 bits per heavy atom. The molecule has 0 saturated carbocycles. The van der Waals surface area contributed by atoms with E-state index >= 15 is 0 Å². The van der Waals surface area contributed by atoms with Gasteiger partial charge in [-0.15, -0.1) is 0 Å². The molecule has 0 aliphatic carbocycles. The van der Waals surface area contributed by atoms with Crippen LogP contribution in [0.4, 0.5) is 17.5 Å². The van der Waals surface area contributed by atoms with Crippen LogP contribution in [0.25, 0.3) is 0 Å². The molecule has 1 aliphatic heterocycles. The van der Waals surface area contributed by atoms with E-state index in [2.05, 4.69) is 25.2 Å². The Morgan fingerprint density at radius 3 is 2.31 bits per heavy atom. The lowest BCUT2D eigenvalue weighted by Crippen LogP contribution is -2.49. The van der Waals surface area contributed by atoms with E-state index in [1.54, 1.807) is 30.5 Å². The summed E-state index contributed by atoms with van der Waals surface area (Å²) < 4.78 is 27.1. The molecule has 1 N–H and O–H groups in total. The molecule has 3 heterocycles. The Morgan fingerprint density at radius 2 is 1.62 bits per heavy atom. The van der Waals surface area contributed by atoms with Crippen molar-refractivity contribution >= 4 is 27.5 Å². The predicted molar refractivity (Wildman–Crippen MR) is 112 cm³/mol. The fourth-order valence-corrected chi connectivity index (χ4v) is 4.69. The number of hydrogen-bond acceptors (Lipinski definition) is 7. The lowest BCUT2D eigenvalue weighted by molar-refractivity contribution is 0.383. The van der Waals surface area contributed by atoms with Crippen LogP contribution in [-0.2, 0) is 10.0 Å². The monoisotopic (exact) mass is 410 g/mol. The summed E-state index contributed by atoms with van der Waals surface area (Å²) in [4.78, 5) is 15.6. The number of nitrogens with one attached hydrogen (secondary N) is 1. The van der Waals surface area contributed by atoms with Crippen molar-refractivity contribution in [3.63, 3.8) is 0 Å². The van der Waals surface area contributed by atoms with Crippen molar-refractivity contribution in [3.8, 4) is 0 Å². The van der Waals surface area contributed by atoms with Gasteiger partial charge in [0.1, 0.15) is 23.3 Å². The standard InChI is InChI=1S/C20H22N6O2S/c1-16-22-19(24-18-9-5-6-10-21-18)15-20(23-16)25-11-13-26(14-12-25)29(27,28)17-7-3-2-4-8-17/h2-10,15H,11-14H2,1H3,(H,21,22,23,24). The molecule has 8 nitrogen and oxygen atoms in total. The third-order valence-electron chi connectivity index (χ3n) is 4.69. The van der Waals surface area contributed by atoms with E-state index in [0.29, 0.717) is 48.5 Å².